The molecule has 3 nitrogen and oxygen atoms in total. The Morgan fingerprint density at radius 1 is 1.33 bits per heavy atom. The molecule has 0 aliphatic carbocycles. The maximum absolute atomic E-state index is 11.4. The Bertz CT molecular complexity index is 503. The minimum atomic E-state index is -2.90. The fraction of sp³-hybridized carbons (Fsp3) is 0.500. The Labute approximate surface area is 126 Å². The number of nitrogens with one attached hydrogen (secondary N) is 1. The average Bonchev–Trinajstić information content (AvgIpc) is 2.28. The van der Waals surface area contributed by atoms with Gasteiger partial charge in [-0.25, -0.2) is 8.42 Å². The zero-order valence-electron chi connectivity index (χ0n) is 10.4. The molecule has 1 rings (SSSR count). The summed E-state index contributed by atoms with van der Waals surface area (Å²) in [4.78, 5) is 0. The molecule has 0 heterocycles. The molecule has 0 aliphatic heterocycles. The molecule has 0 aromatic heterocycles. The van der Waals surface area contributed by atoms with Gasteiger partial charge in [-0.3, -0.25) is 0 Å². The molecule has 0 fully saturated rings. The number of rotatable bonds is 6. The summed E-state index contributed by atoms with van der Waals surface area (Å²) in [6.45, 7) is 4.16. The zero-order chi connectivity index (χ0) is 13.8. The molecule has 1 aromatic rings. The second kappa shape index (κ2) is 7.03. The Balaban J connectivity index is 2.58. The van der Waals surface area contributed by atoms with Crippen LogP contribution in [0, 0.1) is 0 Å². The van der Waals surface area contributed by atoms with Crippen LogP contribution in [-0.4, -0.2) is 26.5 Å². The minimum absolute atomic E-state index is 0.111. The summed E-state index contributed by atoms with van der Waals surface area (Å²) in [6, 6.07) is 6.08. The molecule has 18 heavy (non-hydrogen) atoms. The quantitative estimate of drug-likeness (QED) is 0.799. The van der Waals surface area contributed by atoms with Crippen molar-refractivity contribution < 1.29 is 8.42 Å². The van der Waals surface area contributed by atoms with Crippen molar-refractivity contribution in [3.63, 3.8) is 0 Å². The highest BCUT2D eigenvalue weighted by Gasteiger charge is 2.11. The molecule has 0 amide bonds. The average molecular weight is 399 g/mol. The third-order valence-electron chi connectivity index (χ3n) is 2.73. The van der Waals surface area contributed by atoms with E-state index in [1.807, 2.05) is 25.1 Å². The van der Waals surface area contributed by atoms with E-state index in [-0.39, 0.29) is 17.5 Å². The van der Waals surface area contributed by atoms with E-state index in [0.29, 0.717) is 6.54 Å². The van der Waals surface area contributed by atoms with Gasteiger partial charge < -0.3 is 5.32 Å². The summed E-state index contributed by atoms with van der Waals surface area (Å²) in [6.07, 6.45) is 0. The van der Waals surface area contributed by atoms with Gasteiger partial charge in [-0.15, -0.1) is 0 Å². The van der Waals surface area contributed by atoms with Crippen LogP contribution in [0.4, 0.5) is 0 Å². The van der Waals surface area contributed by atoms with Gasteiger partial charge >= 0.3 is 0 Å². The van der Waals surface area contributed by atoms with Crippen LogP contribution in [0.5, 0.6) is 0 Å². The van der Waals surface area contributed by atoms with E-state index in [0.717, 1.165) is 14.5 Å². The van der Waals surface area contributed by atoms with Gasteiger partial charge in [0.05, 0.1) is 5.75 Å². The van der Waals surface area contributed by atoms with Gasteiger partial charge in [-0.2, -0.15) is 0 Å². The second-order valence-corrected chi connectivity index (χ2v) is 8.32. The van der Waals surface area contributed by atoms with Gasteiger partial charge in [0, 0.05) is 27.3 Å². The first-order valence-electron chi connectivity index (χ1n) is 5.74. The van der Waals surface area contributed by atoms with Crippen molar-refractivity contribution in [1.82, 2.24) is 5.32 Å². The second-order valence-electron chi connectivity index (χ2n) is 4.08. The van der Waals surface area contributed by atoms with Crippen molar-refractivity contribution in [2.24, 2.45) is 0 Å². The maximum atomic E-state index is 11.4. The standard InChI is InChI=1S/C12H17Br2NO2S/c1-3-18(16,17)7-6-15-9(2)11-5-4-10(13)8-12(11)14/h4-5,8-9,15H,3,6-7H2,1-2H3. The Hall–Kier alpha value is 0.0900. The molecule has 6 heteroatoms. The molecule has 1 aromatic carbocycles. The Kier molecular flexibility index (Phi) is 6.30. The molecule has 0 radical (unpaired) electrons. The van der Waals surface area contributed by atoms with Crippen molar-refractivity contribution in [1.29, 1.82) is 0 Å². The van der Waals surface area contributed by atoms with Gasteiger partial charge in [0.15, 0.2) is 9.84 Å². The molecule has 1 atom stereocenters. The summed E-state index contributed by atoms with van der Waals surface area (Å²) in [5, 5.41) is 3.23. The van der Waals surface area contributed by atoms with Crippen LogP contribution in [0.15, 0.2) is 27.1 Å². The van der Waals surface area contributed by atoms with E-state index in [1.54, 1.807) is 6.92 Å². The van der Waals surface area contributed by atoms with E-state index in [2.05, 4.69) is 37.2 Å². The fourth-order valence-corrected chi connectivity index (χ4v) is 3.65. The number of benzene rings is 1. The largest absolute Gasteiger partial charge is 0.309 e. The molecule has 0 saturated heterocycles. The zero-order valence-corrected chi connectivity index (χ0v) is 14.4. The third-order valence-corrected chi connectivity index (χ3v) is 5.62. The highest BCUT2D eigenvalue weighted by atomic mass is 79.9. The predicted octanol–water partition coefficient (Wildman–Crippen LogP) is 3.30. The minimum Gasteiger partial charge on any atom is -0.309 e. The number of hydrogen-bond donors (Lipinski definition) is 1. The first-order chi connectivity index (χ1) is 8.35. The highest BCUT2D eigenvalue weighted by Crippen LogP contribution is 2.26. The van der Waals surface area contributed by atoms with Gasteiger partial charge in [0.1, 0.15) is 0 Å². The molecule has 0 bridgehead atoms. The number of hydrogen-bond acceptors (Lipinski definition) is 3. The molecule has 102 valence electrons. The van der Waals surface area contributed by atoms with Crippen LogP contribution in [0.2, 0.25) is 0 Å². The molecule has 0 spiro atoms. The lowest BCUT2D eigenvalue weighted by Gasteiger charge is -2.16. The molecular formula is C12H17Br2NO2S. The Morgan fingerprint density at radius 3 is 2.56 bits per heavy atom. The third kappa shape index (κ3) is 4.99. The van der Waals surface area contributed by atoms with Crippen molar-refractivity contribution in [3.8, 4) is 0 Å². The first kappa shape index (κ1) is 16.1. The molecule has 0 saturated carbocycles. The lowest BCUT2D eigenvalue weighted by atomic mass is 10.1. The topological polar surface area (TPSA) is 46.2 Å². The van der Waals surface area contributed by atoms with Crippen molar-refractivity contribution >= 4 is 41.7 Å². The van der Waals surface area contributed by atoms with Crippen LogP contribution >= 0.6 is 31.9 Å². The van der Waals surface area contributed by atoms with Crippen LogP contribution < -0.4 is 5.32 Å². The SMILES string of the molecule is CCS(=O)(=O)CCNC(C)c1ccc(Br)cc1Br. The fourth-order valence-electron chi connectivity index (χ4n) is 1.54. The number of halogens is 2. The summed E-state index contributed by atoms with van der Waals surface area (Å²) < 4.78 is 24.8. The predicted molar refractivity (Wildman–Crippen MR) is 82.6 cm³/mol. The maximum Gasteiger partial charge on any atom is 0.151 e. The molecular weight excluding hydrogens is 382 g/mol. The summed E-state index contributed by atoms with van der Waals surface area (Å²) in [7, 11) is -2.90. The number of sulfone groups is 1. The molecule has 1 unspecified atom stereocenters. The molecule has 0 aliphatic rings. The van der Waals surface area contributed by atoms with E-state index < -0.39 is 9.84 Å². The molecule has 1 N–H and O–H groups in total. The van der Waals surface area contributed by atoms with E-state index >= 15 is 0 Å². The van der Waals surface area contributed by atoms with Crippen LogP contribution in [0.25, 0.3) is 0 Å². The summed E-state index contributed by atoms with van der Waals surface area (Å²) >= 11 is 6.91. The Morgan fingerprint density at radius 2 is 2.00 bits per heavy atom. The smallest absolute Gasteiger partial charge is 0.151 e. The van der Waals surface area contributed by atoms with Crippen molar-refractivity contribution in [2.75, 3.05) is 18.1 Å². The van der Waals surface area contributed by atoms with Crippen LogP contribution in [-0.2, 0) is 9.84 Å². The first-order valence-corrected chi connectivity index (χ1v) is 9.15. The lowest BCUT2D eigenvalue weighted by molar-refractivity contribution is 0.572. The van der Waals surface area contributed by atoms with Gasteiger partial charge in [-0.05, 0) is 24.6 Å². The van der Waals surface area contributed by atoms with Gasteiger partial charge in [-0.1, -0.05) is 44.8 Å². The van der Waals surface area contributed by atoms with Gasteiger partial charge in [0.2, 0.25) is 0 Å². The van der Waals surface area contributed by atoms with Gasteiger partial charge in [0.25, 0.3) is 0 Å². The van der Waals surface area contributed by atoms with Crippen LogP contribution in [0.3, 0.4) is 0 Å². The van der Waals surface area contributed by atoms with Crippen molar-refractivity contribution in [3.05, 3.63) is 32.7 Å². The van der Waals surface area contributed by atoms with E-state index in [9.17, 15) is 8.42 Å². The van der Waals surface area contributed by atoms with E-state index in [1.165, 1.54) is 0 Å². The monoisotopic (exact) mass is 397 g/mol. The van der Waals surface area contributed by atoms with Crippen LogP contribution in [0.1, 0.15) is 25.5 Å². The lowest BCUT2D eigenvalue weighted by Crippen LogP contribution is -2.26. The normalized spacial score (nSPS) is 13.6. The summed E-state index contributed by atoms with van der Waals surface area (Å²) in [5.74, 6) is 0.382. The van der Waals surface area contributed by atoms with E-state index in [4.69, 9.17) is 0 Å². The summed E-state index contributed by atoms with van der Waals surface area (Å²) in [5.41, 5.74) is 1.12. The van der Waals surface area contributed by atoms with Crippen molar-refractivity contribution in [2.45, 2.75) is 19.9 Å². The highest BCUT2D eigenvalue weighted by molar-refractivity contribution is 9.11.